The summed E-state index contributed by atoms with van der Waals surface area (Å²) in [4.78, 5) is 22.4. The van der Waals surface area contributed by atoms with Crippen LogP contribution in [-0.2, 0) is 9.84 Å². The number of hydrogen-bond acceptors (Lipinski definition) is 5. The molecule has 0 radical (unpaired) electrons. The molecule has 1 aliphatic heterocycles. The van der Waals surface area contributed by atoms with E-state index in [4.69, 9.17) is 11.5 Å². The zero-order valence-electron chi connectivity index (χ0n) is 10.6. The zero-order valence-corrected chi connectivity index (χ0v) is 11.4. The number of rotatable bonds is 4. The van der Waals surface area contributed by atoms with Crippen LogP contribution in [0, 0.1) is 0 Å². The van der Waals surface area contributed by atoms with Gasteiger partial charge in [0.05, 0.1) is 11.5 Å². The highest BCUT2D eigenvalue weighted by Crippen LogP contribution is 2.20. The lowest BCUT2D eigenvalue weighted by Gasteiger charge is -2.14. The molecule has 0 saturated carbocycles. The van der Waals surface area contributed by atoms with E-state index in [9.17, 15) is 18.0 Å². The van der Waals surface area contributed by atoms with Gasteiger partial charge < -0.3 is 16.8 Å². The minimum Gasteiger partial charge on any atom is -0.381 e. The molecule has 1 aromatic carbocycles. The average molecular weight is 297 g/mol. The molecule has 1 heterocycles. The maximum atomic E-state index is 11.4. The zero-order chi connectivity index (χ0) is 14.9. The number of anilines is 1. The van der Waals surface area contributed by atoms with Gasteiger partial charge in [-0.1, -0.05) is 0 Å². The van der Waals surface area contributed by atoms with Crippen molar-refractivity contribution in [1.29, 1.82) is 0 Å². The fourth-order valence-electron chi connectivity index (χ4n) is 2.14. The summed E-state index contributed by atoms with van der Waals surface area (Å²) in [7, 11) is -3.01. The molecule has 0 bridgehead atoms. The standard InChI is InChI=1S/C12H15N3O4S/c13-11(16)7-3-8(12(14)17)5-10(4-7)15-9-1-2-20(18,19)6-9/h3-5,9,15H,1-2,6H2,(H2,13,16)(H2,14,17). The Morgan fingerprint density at radius 2 is 1.65 bits per heavy atom. The molecule has 1 aliphatic rings. The van der Waals surface area contributed by atoms with Gasteiger partial charge in [0, 0.05) is 22.9 Å². The molecule has 2 amide bonds. The summed E-state index contributed by atoms with van der Waals surface area (Å²) in [6, 6.07) is 4.00. The Bertz CT molecular complexity index is 637. The first-order valence-electron chi connectivity index (χ1n) is 5.98. The van der Waals surface area contributed by atoms with Gasteiger partial charge in [-0.15, -0.1) is 0 Å². The maximum Gasteiger partial charge on any atom is 0.248 e. The van der Waals surface area contributed by atoms with Crippen molar-refractivity contribution in [3.8, 4) is 0 Å². The molecular weight excluding hydrogens is 282 g/mol. The van der Waals surface area contributed by atoms with Crippen LogP contribution in [0.1, 0.15) is 27.1 Å². The molecule has 2 rings (SSSR count). The predicted octanol–water partition coefficient (Wildman–Crippen LogP) is -0.517. The first kappa shape index (κ1) is 14.3. The van der Waals surface area contributed by atoms with Crippen molar-refractivity contribution >= 4 is 27.3 Å². The Morgan fingerprint density at radius 3 is 2.05 bits per heavy atom. The Kier molecular flexibility index (Phi) is 3.67. The summed E-state index contributed by atoms with van der Waals surface area (Å²) in [6.07, 6.45) is 0.481. The van der Waals surface area contributed by atoms with Gasteiger partial charge in [-0.25, -0.2) is 8.42 Å². The van der Waals surface area contributed by atoms with E-state index in [2.05, 4.69) is 5.32 Å². The highest BCUT2D eigenvalue weighted by atomic mass is 32.2. The second kappa shape index (κ2) is 5.12. The quantitative estimate of drug-likeness (QED) is 0.688. The van der Waals surface area contributed by atoms with Crippen LogP contribution >= 0.6 is 0 Å². The van der Waals surface area contributed by atoms with E-state index < -0.39 is 21.7 Å². The first-order chi connectivity index (χ1) is 9.27. The Labute approximate surface area is 116 Å². The molecule has 5 N–H and O–H groups in total. The Balaban J connectivity index is 2.27. The SMILES string of the molecule is NC(=O)c1cc(NC2CCS(=O)(=O)C2)cc(C(N)=O)c1. The number of carbonyl (C=O) groups excluding carboxylic acids is 2. The van der Waals surface area contributed by atoms with Gasteiger partial charge in [-0.2, -0.15) is 0 Å². The topological polar surface area (TPSA) is 132 Å². The lowest BCUT2D eigenvalue weighted by Crippen LogP contribution is -2.22. The second-order valence-electron chi connectivity index (χ2n) is 4.77. The minimum atomic E-state index is -3.01. The van der Waals surface area contributed by atoms with Crippen molar-refractivity contribution in [2.24, 2.45) is 11.5 Å². The van der Waals surface area contributed by atoms with Crippen molar-refractivity contribution in [3.63, 3.8) is 0 Å². The number of nitrogens with two attached hydrogens (primary N) is 2. The van der Waals surface area contributed by atoms with Gasteiger partial charge in [-0.3, -0.25) is 9.59 Å². The number of sulfone groups is 1. The number of benzene rings is 1. The number of nitrogens with one attached hydrogen (secondary N) is 1. The van der Waals surface area contributed by atoms with E-state index in [0.29, 0.717) is 12.1 Å². The van der Waals surface area contributed by atoms with E-state index in [1.54, 1.807) is 0 Å². The van der Waals surface area contributed by atoms with Crippen molar-refractivity contribution in [1.82, 2.24) is 0 Å². The van der Waals surface area contributed by atoms with Crippen LogP contribution in [0.5, 0.6) is 0 Å². The second-order valence-corrected chi connectivity index (χ2v) is 7.00. The fourth-order valence-corrected chi connectivity index (χ4v) is 3.81. The third-order valence-electron chi connectivity index (χ3n) is 3.11. The maximum absolute atomic E-state index is 11.4. The highest BCUT2D eigenvalue weighted by Gasteiger charge is 2.27. The lowest BCUT2D eigenvalue weighted by molar-refractivity contribution is 0.0999. The summed E-state index contributed by atoms with van der Waals surface area (Å²) in [5.74, 6) is -1.21. The van der Waals surface area contributed by atoms with E-state index in [-0.39, 0.29) is 28.7 Å². The molecule has 0 spiro atoms. The van der Waals surface area contributed by atoms with Gasteiger partial charge in [0.25, 0.3) is 0 Å². The Hall–Kier alpha value is -2.09. The lowest BCUT2D eigenvalue weighted by atomic mass is 10.1. The first-order valence-corrected chi connectivity index (χ1v) is 7.80. The highest BCUT2D eigenvalue weighted by molar-refractivity contribution is 7.91. The number of amides is 2. The van der Waals surface area contributed by atoms with Gasteiger partial charge in [-0.05, 0) is 24.6 Å². The molecule has 1 fully saturated rings. The number of primary amides is 2. The molecule has 108 valence electrons. The Morgan fingerprint density at radius 1 is 1.10 bits per heavy atom. The molecule has 7 nitrogen and oxygen atoms in total. The molecule has 0 aromatic heterocycles. The van der Waals surface area contributed by atoms with Crippen LogP contribution in [0.25, 0.3) is 0 Å². The van der Waals surface area contributed by atoms with E-state index in [1.807, 2.05) is 0 Å². The smallest absolute Gasteiger partial charge is 0.248 e. The third kappa shape index (κ3) is 3.27. The minimum absolute atomic E-state index is 0.0275. The third-order valence-corrected chi connectivity index (χ3v) is 4.87. The molecule has 1 saturated heterocycles. The van der Waals surface area contributed by atoms with E-state index in [0.717, 1.165) is 0 Å². The summed E-state index contributed by atoms with van der Waals surface area (Å²) in [5.41, 5.74) is 11.1. The van der Waals surface area contributed by atoms with Crippen LogP contribution < -0.4 is 16.8 Å². The fraction of sp³-hybridized carbons (Fsp3) is 0.333. The summed E-state index contributed by atoms with van der Waals surface area (Å²) >= 11 is 0. The molecule has 1 aromatic rings. The van der Waals surface area contributed by atoms with Crippen LogP contribution in [-0.4, -0.2) is 37.8 Å². The average Bonchev–Trinajstić information content (AvgIpc) is 2.68. The summed E-state index contributed by atoms with van der Waals surface area (Å²) in [5, 5.41) is 2.99. The normalized spacial score (nSPS) is 20.5. The van der Waals surface area contributed by atoms with Gasteiger partial charge in [0.2, 0.25) is 11.8 Å². The van der Waals surface area contributed by atoms with Crippen LogP contribution in [0.4, 0.5) is 5.69 Å². The van der Waals surface area contributed by atoms with Crippen LogP contribution in [0.2, 0.25) is 0 Å². The van der Waals surface area contributed by atoms with Crippen molar-refractivity contribution in [2.45, 2.75) is 12.5 Å². The number of hydrogen-bond donors (Lipinski definition) is 3. The molecule has 1 unspecified atom stereocenters. The largest absolute Gasteiger partial charge is 0.381 e. The van der Waals surface area contributed by atoms with Gasteiger partial charge in [0.15, 0.2) is 9.84 Å². The summed E-state index contributed by atoms with van der Waals surface area (Å²) < 4.78 is 22.8. The van der Waals surface area contributed by atoms with E-state index in [1.165, 1.54) is 18.2 Å². The van der Waals surface area contributed by atoms with Crippen molar-refractivity contribution in [3.05, 3.63) is 29.3 Å². The predicted molar refractivity (Wildman–Crippen MR) is 74.2 cm³/mol. The van der Waals surface area contributed by atoms with E-state index >= 15 is 0 Å². The van der Waals surface area contributed by atoms with Crippen LogP contribution in [0.15, 0.2) is 18.2 Å². The monoisotopic (exact) mass is 297 g/mol. The van der Waals surface area contributed by atoms with Gasteiger partial charge >= 0.3 is 0 Å². The molecule has 8 heteroatoms. The van der Waals surface area contributed by atoms with Crippen molar-refractivity contribution < 1.29 is 18.0 Å². The van der Waals surface area contributed by atoms with Crippen molar-refractivity contribution in [2.75, 3.05) is 16.8 Å². The molecule has 20 heavy (non-hydrogen) atoms. The number of carbonyl (C=O) groups is 2. The molecular formula is C12H15N3O4S. The van der Waals surface area contributed by atoms with Crippen LogP contribution in [0.3, 0.4) is 0 Å². The molecule has 1 atom stereocenters. The summed E-state index contributed by atoms with van der Waals surface area (Å²) in [6.45, 7) is 0. The van der Waals surface area contributed by atoms with Gasteiger partial charge in [0.1, 0.15) is 0 Å². The molecule has 0 aliphatic carbocycles.